The van der Waals surface area contributed by atoms with Crippen molar-refractivity contribution in [2.75, 3.05) is 0 Å². The van der Waals surface area contributed by atoms with Gasteiger partial charge in [-0.2, -0.15) is 0 Å². The van der Waals surface area contributed by atoms with Gasteiger partial charge < -0.3 is 0 Å². The number of rotatable bonds is 17. The van der Waals surface area contributed by atoms with E-state index in [0.29, 0.717) is 0 Å². The normalized spacial score (nSPS) is 11.3. The first kappa shape index (κ1) is 29.5. The van der Waals surface area contributed by atoms with Crippen LogP contribution in [0.4, 0.5) is 0 Å². The van der Waals surface area contributed by atoms with Gasteiger partial charge in [0.15, 0.2) is 0 Å². The molecule has 196 valence electrons. The van der Waals surface area contributed by atoms with E-state index in [4.69, 9.17) is 0 Å². The predicted octanol–water partition coefficient (Wildman–Crippen LogP) is 7.51. The first-order valence-corrected chi connectivity index (χ1v) is 24.6. The zero-order valence-electron chi connectivity index (χ0n) is 23.0. The minimum absolute atomic E-state index is 1.41. The van der Waals surface area contributed by atoms with E-state index in [1.165, 1.54) is 73.1 Å². The summed E-state index contributed by atoms with van der Waals surface area (Å²) in [4.78, 5) is 0. The second-order valence-corrected chi connectivity index (χ2v) is 25.4. The molecule has 0 aliphatic heterocycles. The maximum absolute atomic E-state index is 2.38. The standard InChI is InChI=1S/C12H24.4C6H5.2Sn/c1-3-5-7-9-11-12-10-8-6-4-2;4*1-2-4-6-5-3-1;;/h1-12H2;4*1-5H;;. The van der Waals surface area contributed by atoms with E-state index in [-0.39, 0.29) is 0 Å². The fourth-order valence-corrected chi connectivity index (χ4v) is 20.9. The van der Waals surface area contributed by atoms with Crippen LogP contribution in [0.5, 0.6) is 0 Å². The van der Waals surface area contributed by atoms with E-state index < -0.39 is 39.5 Å². The molecule has 0 saturated carbocycles. The molecule has 4 aromatic rings. The molecule has 0 saturated heterocycles. The third-order valence-electron chi connectivity index (χ3n) is 7.59. The molecule has 38 heavy (non-hydrogen) atoms. The van der Waals surface area contributed by atoms with Gasteiger partial charge in [0.05, 0.1) is 0 Å². The van der Waals surface area contributed by atoms with Gasteiger partial charge in [-0.3, -0.25) is 0 Å². The average molecular weight is 714 g/mol. The van der Waals surface area contributed by atoms with Gasteiger partial charge in [0.2, 0.25) is 0 Å². The molecule has 0 aliphatic carbocycles. The summed E-state index contributed by atoms with van der Waals surface area (Å²) in [5.41, 5.74) is 0. The summed E-state index contributed by atoms with van der Waals surface area (Å²) in [6.45, 7) is 0. The Morgan fingerprint density at radius 2 is 0.474 bits per heavy atom. The van der Waals surface area contributed by atoms with E-state index in [1.54, 1.807) is 14.3 Å². The van der Waals surface area contributed by atoms with E-state index in [1.807, 2.05) is 0 Å². The summed E-state index contributed by atoms with van der Waals surface area (Å²) in [7, 11) is 0. The minimum atomic E-state index is -1.74. The van der Waals surface area contributed by atoms with Crippen LogP contribution in [0.25, 0.3) is 0 Å². The number of hydrogen-bond donors (Lipinski definition) is 0. The van der Waals surface area contributed by atoms with Gasteiger partial charge in [0, 0.05) is 0 Å². The Morgan fingerprint density at radius 1 is 0.263 bits per heavy atom. The summed E-state index contributed by atoms with van der Waals surface area (Å²) in [5.74, 6) is 0. The van der Waals surface area contributed by atoms with Gasteiger partial charge in [0.25, 0.3) is 0 Å². The Balaban J connectivity index is 1.07. The van der Waals surface area contributed by atoms with Crippen molar-refractivity contribution in [2.24, 2.45) is 0 Å². The van der Waals surface area contributed by atoms with Gasteiger partial charge in [-0.05, 0) is 0 Å². The second kappa shape index (κ2) is 17.9. The fourth-order valence-electron chi connectivity index (χ4n) is 5.49. The molecule has 0 aromatic heterocycles. The summed E-state index contributed by atoms with van der Waals surface area (Å²) in [6, 6.07) is 45.5. The van der Waals surface area contributed by atoms with Crippen LogP contribution in [0.2, 0.25) is 8.87 Å². The quantitative estimate of drug-likeness (QED) is 0.0786. The molecule has 2 radical (unpaired) electrons. The third-order valence-corrected chi connectivity index (χ3v) is 24.2. The topological polar surface area (TPSA) is 0 Å². The first-order chi connectivity index (χ1) is 18.9. The molecule has 4 aromatic carbocycles. The summed E-state index contributed by atoms with van der Waals surface area (Å²) < 4.78 is 9.53. The van der Waals surface area contributed by atoms with E-state index >= 15 is 0 Å². The average Bonchev–Trinajstić information content (AvgIpc) is 2.99. The Bertz CT molecular complexity index is 941. The van der Waals surface area contributed by atoms with Crippen molar-refractivity contribution in [3.8, 4) is 0 Å². The van der Waals surface area contributed by atoms with Gasteiger partial charge in [-0.1, -0.05) is 0 Å². The summed E-state index contributed by atoms with van der Waals surface area (Å²) in [5, 5.41) is 0. The Hall–Kier alpha value is -1.52. The van der Waals surface area contributed by atoms with Gasteiger partial charge >= 0.3 is 248 Å². The zero-order valence-corrected chi connectivity index (χ0v) is 28.7. The van der Waals surface area contributed by atoms with Crippen LogP contribution in [0.3, 0.4) is 0 Å². The van der Waals surface area contributed by atoms with Crippen LogP contribution >= 0.6 is 0 Å². The molecule has 0 N–H and O–H groups in total. The molecular formula is C36H44Sn2. The van der Waals surface area contributed by atoms with Crippen LogP contribution in [-0.4, -0.2) is 39.5 Å². The molecule has 4 rings (SSSR count). The zero-order chi connectivity index (χ0) is 26.1. The Labute approximate surface area is 246 Å². The molecule has 0 unspecified atom stereocenters. The molecule has 0 spiro atoms. The molecule has 0 nitrogen and oxygen atoms in total. The third kappa shape index (κ3) is 10.2. The van der Waals surface area contributed by atoms with Crippen molar-refractivity contribution >= 4 is 53.8 Å². The van der Waals surface area contributed by atoms with Crippen LogP contribution in [0.1, 0.15) is 64.2 Å². The number of hydrogen-bond acceptors (Lipinski definition) is 0. The number of unbranched alkanes of at least 4 members (excludes halogenated alkanes) is 9. The van der Waals surface area contributed by atoms with Crippen molar-refractivity contribution in [1.29, 1.82) is 0 Å². The van der Waals surface area contributed by atoms with Crippen LogP contribution in [0, 0.1) is 0 Å². The Kier molecular flexibility index (Phi) is 13.9. The van der Waals surface area contributed by atoms with Crippen LogP contribution < -0.4 is 14.3 Å². The van der Waals surface area contributed by atoms with E-state index in [2.05, 4.69) is 121 Å². The van der Waals surface area contributed by atoms with Gasteiger partial charge in [-0.15, -0.1) is 0 Å². The molecular weight excluding hydrogens is 670 g/mol. The van der Waals surface area contributed by atoms with Crippen LogP contribution in [-0.2, 0) is 0 Å². The summed E-state index contributed by atoms with van der Waals surface area (Å²) >= 11 is -3.49. The molecule has 0 fully saturated rings. The molecule has 0 atom stereocenters. The van der Waals surface area contributed by atoms with Crippen molar-refractivity contribution in [3.63, 3.8) is 0 Å². The predicted molar refractivity (Wildman–Crippen MR) is 172 cm³/mol. The second-order valence-electron chi connectivity index (χ2n) is 10.5. The van der Waals surface area contributed by atoms with Crippen LogP contribution in [0.15, 0.2) is 121 Å². The van der Waals surface area contributed by atoms with E-state index in [9.17, 15) is 0 Å². The molecule has 2 heteroatoms. The fraction of sp³-hybridized carbons (Fsp3) is 0.333. The van der Waals surface area contributed by atoms with E-state index in [0.717, 1.165) is 0 Å². The summed E-state index contributed by atoms with van der Waals surface area (Å²) in [6.07, 6.45) is 14.2. The monoisotopic (exact) mass is 716 g/mol. The molecule has 0 aliphatic rings. The van der Waals surface area contributed by atoms with Crippen molar-refractivity contribution in [2.45, 2.75) is 73.1 Å². The molecule has 0 bridgehead atoms. The first-order valence-electron chi connectivity index (χ1n) is 14.8. The molecule has 0 amide bonds. The SMILES string of the molecule is c1cc[c]([Sn]([CH2]CCCCCCCCCC[CH2][Sn]([c]2ccccc2)[c]2ccccc2)[c]2ccccc2)cc1. The Morgan fingerprint density at radius 3 is 0.711 bits per heavy atom. The number of benzene rings is 4. The van der Waals surface area contributed by atoms with Crippen molar-refractivity contribution in [3.05, 3.63) is 121 Å². The van der Waals surface area contributed by atoms with Gasteiger partial charge in [0.1, 0.15) is 0 Å². The molecule has 0 heterocycles. The maximum atomic E-state index is 2.38. The van der Waals surface area contributed by atoms with Gasteiger partial charge in [-0.25, -0.2) is 0 Å². The van der Waals surface area contributed by atoms with Crippen molar-refractivity contribution < 1.29 is 0 Å². The van der Waals surface area contributed by atoms with Crippen molar-refractivity contribution in [1.82, 2.24) is 0 Å².